The molecule has 2 saturated heterocycles. The fraction of sp³-hybridized carbons (Fsp3) is 0.448. The summed E-state index contributed by atoms with van der Waals surface area (Å²) in [6.07, 6.45) is 8.67. The van der Waals surface area contributed by atoms with Crippen LogP contribution in [0.3, 0.4) is 0 Å². The van der Waals surface area contributed by atoms with Crippen LogP contribution in [0.2, 0.25) is 0 Å². The van der Waals surface area contributed by atoms with Crippen molar-refractivity contribution >= 4 is 11.9 Å². The maximum atomic E-state index is 13.2. The van der Waals surface area contributed by atoms with E-state index in [2.05, 4.69) is 28.2 Å². The lowest BCUT2D eigenvalue weighted by Gasteiger charge is -2.32. The number of pyridine rings is 1. The number of likely N-dealkylation sites (tertiary alicyclic amines) is 1. The summed E-state index contributed by atoms with van der Waals surface area (Å²) in [4.78, 5) is 28.5. The summed E-state index contributed by atoms with van der Waals surface area (Å²) in [6.45, 7) is 7.92. The summed E-state index contributed by atoms with van der Waals surface area (Å²) in [5, 5.41) is 0. The maximum absolute atomic E-state index is 13.2. The fourth-order valence-corrected chi connectivity index (χ4v) is 5.29. The molecule has 8 nitrogen and oxygen atoms in total. The molecule has 0 spiro atoms. The maximum Gasteiger partial charge on any atom is 0.410 e. The predicted molar refractivity (Wildman–Crippen MR) is 143 cm³/mol. The van der Waals surface area contributed by atoms with Crippen molar-refractivity contribution in [2.75, 3.05) is 25.5 Å². The Morgan fingerprint density at radius 2 is 1.81 bits per heavy atom. The van der Waals surface area contributed by atoms with Crippen LogP contribution in [0.1, 0.15) is 69.5 Å². The number of rotatable bonds is 4. The highest BCUT2D eigenvalue weighted by Crippen LogP contribution is 2.41. The second kappa shape index (κ2) is 10.5. The average Bonchev–Trinajstić information content (AvgIpc) is 3.39. The van der Waals surface area contributed by atoms with Crippen LogP contribution in [0.15, 0.2) is 48.9 Å². The van der Waals surface area contributed by atoms with Crippen LogP contribution in [0.4, 0.5) is 10.6 Å². The van der Waals surface area contributed by atoms with Crippen molar-refractivity contribution in [3.8, 4) is 22.5 Å². The van der Waals surface area contributed by atoms with E-state index >= 15 is 0 Å². The molecule has 8 heteroatoms. The molecule has 2 fully saturated rings. The minimum atomic E-state index is -0.543. The van der Waals surface area contributed by atoms with Gasteiger partial charge in [-0.1, -0.05) is 12.1 Å². The largest absolute Gasteiger partial charge is 0.444 e. The Kier molecular flexibility index (Phi) is 7.11. The quantitative estimate of drug-likeness (QED) is 0.485. The molecule has 4 heterocycles. The third-order valence-corrected chi connectivity index (χ3v) is 7.04. The van der Waals surface area contributed by atoms with E-state index in [1.54, 1.807) is 18.6 Å². The van der Waals surface area contributed by atoms with Crippen LogP contribution in [0.5, 0.6) is 0 Å². The van der Waals surface area contributed by atoms with Crippen LogP contribution >= 0.6 is 0 Å². The van der Waals surface area contributed by atoms with Gasteiger partial charge in [0.1, 0.15) is 17.1 Å². The van der Waals surface area contributed by atoms with Crippen LogP contribution in [-0.4, -0.2) is 51.3 Å². The van der Waals surface area contributed by atoms with Gasteiger partial charge in [-0.2, -0.15) is 0 Å². The number of ether oxygens (including phenoxy) is 2. The molecule has 2 N–H and O–H groups in total. The van der Waals surface area contributed by atoms with Crippen molar-refractivity contribution in [3.05, 3.63) is 60.0 Å². The highest BCUT2D eigenvalue weighted by Gasteiger charge is 2.35. The second-order valence-electron chi connectivity index (χ2n) is 10.8. The molecule has 0 bridgehead atoms. The molecule has 0 aliphatic carbocycles. The van der Waals surface area contributed by atoms with Gasteiger partial charge in [-0.3, -0.25) is 4.98 Å². The van der Waals surface area contributed by atoms with E-state index in [1.165, 1.54) is 5.56 Å². The highest BCUT2D eigenvalue weighted by molar-refractivity contribution is 5.73. The summed E-state index contributed by atoms with van der Waals surface area (Å²) in [7, 11) is 0. The highest BCUT2D eigenvalue weighted by atomic mass is 16.6. The van der Waals surface area contributed by atoms with Crippen molar-refractivity contribution in [1.82, 2.24) is 19.9 Å². The van der Waals surface area contributed by atoms with Crippen molar-refractivity contribution in [1.29, 1.82) is 0 Å². The van der Waals surface area contributed by atoms with Gasteiger partial charge in [0, 0.05) is 43.3 Å². The first-order valence-electron chi connectivity index (χ1n) is 13.0. The molecule has 37 heavy (non-hydrogen) atoms. The lowest BCUT2D eigenvalue weighted by molar-refractivity contribution is 0.0222. The number of hydrogen-bond acceptors (Lipinski definition) is 7. The third kappa shape index (κ3) is 5.59. The average molecular weight is 502 g/mol. The lowest BCUT2D eigenvalue weighted by atomic mass is 9.84. The van der Waals surface area contributed by atoms with E-state index in [1.807, 2.05) is 37.8 Å². The SMILES string of the molecule is CC(C)(C)OC(=O)N1CCCC1c1cc(-c2cnc(N)c(-c3ccncc3)n2)ccc1C1CCOCC1. The number of nitrogen functional groups attached to an aromatic ring is 1. The number of carbonyl (C=O) groups is 1. The van der Waals surface area contributed by atoms with E-state index in [4.69, 9.17) is 20.2 Å². The number of anilines is 1. The lowest BCUT2D eigenvalue weighted by Crippen LogP contribution is -2.36. The molecular weight excluding hydrogens is 466 g/mol. The first-order valence-corrected chi connectivity index (χ1v) is 13.0. The second-order valence-corrected chi connectivity index (χ2v) is 10.8. The summed E-state index contributed by atoms with van der Waals surface area (Å²) in [6, 6.07) is 10.2. The zero-order chi connectivity index (χ0) is 26.0. The third-order valence-electron chi connectivity index (χ3n) is 7.04. The summed E-state index contributed by atoms with van der Waals surface area (Å²) in [5.41, 5.74) is 11.3. The predicted octanol–water partition coefficient (Wildman–Crippen LogP) is 5.75. The number of nitrogens with two attached hydrogens (primary N) is 1. The molecule has 2 aromatic heterocycles. The Hall–Kier alpha value is -3.52. The van der Waals surface area contributed by atoms with E-state index in [0.29, 0.717) is 24.0 Å². The number of aromatic nitrogens is 3. The minimum absolute atomic E-state index is 0.0472. The summed E-state index contributed by atoms with van der Waals surface area (Å²) in [5.74, 6) is 0.768. The zero-order valence-electron chi connectivity index (χ0n) is 21.8. The number of nitrogens with zero attached hydrogens (tertiary/aromatic N) is 4. The van der Waals surface area contributed by atoms with Gasteiger partial charge in [-0.05, 0) is 81.7 Å². The Morgan fingerprint density at radius 3 is 2.54 bits per heavy atom. The van der Waals surface area contributed by atoms with E-state index < -0.39 is 5.60 Å². The zero-order valence-corrected chi connectivity index (χ0v) is 21.8. The van der Waals surface area contributed by atoms with Crippen molar-refractivity contribution in [2.45, 2.75) is 64.0 Å². The molecule has 1 aromatic carbocycles. The van der Waals surface area contributed by atoms with Crippen molar-refractivity contribution in [2.24, 2.45) is 0 Å². The Morgan fingerprint density at radius 1 is 1.05 bits per heavy atom. The smallest absolute Gasteiger partial charge is 0.410 e. The molecule has 1 atom stereocenters. The van der Waals surface area contributed by atoms with Gasteiger partial charge in [-0.15, -0.1) is 0 Å². The monoisotopic (exact) mass is 501 g/mol. The summed E-state index contributed by atoms with van der Waals surface area (Å²) < 4.78 is 11.4. The van der Waals surface area contributed by atoms with Gasteiger partial charge >= 0.3 is 6.09 Å². The number of amides is 1. The first kappa shape index (κ1) is 25.1. The van der Waals surface area contributed by atoms with E-state index in [0.717, 1.165) is 61.3 Å². The molecule has 0 saturated carbocycles. The first-order chi connectivity index (χ1) is 17.8. The van der Waals surface area contributed by atoms with E-state index in [9.17, 15) is 4.79 Å². The van der Waals surface area contributed by atoms with Crippen LogP contribution in [0.25, 0.3) is 22.5 Å². The molecule has 1 unspecified atom stereocenters. The number of hydrogen-bond donors (Lipinski definition) is 1. The van der Waals surface area contributed by atoms with Gasteiger partial charge in [-0.25, -0.2) is 14.8 Å². The Balaban J connectivity index is 1.56. The molecule has 194 valence electrons. The topological polar surface area (TPSA) is 103 Å². The Bertz CT molecular complexity index is 1250. The van der Waals surface area contributed by atoms with Gasteiger partial charge < -0.3 is 20.1 Å². The van der Waals surface area contributed by atoms with Crippen molar-refractivity contribution in [3.63, 3.8) is 0 Å². The summed E-state index contributed by atoms with van der Waals surface area (Å²) >= 11 is 0. The van der Waals surface area contributed by atoms with Crippen LogP contribution in [0, 0.1) is 0 Å². The Labute approximate surface area is 218 Å². The van der Waals surface area contributed by atoms with Crippen LogP contribution < -0.4 is 5.73 Å². The van der Waals surface area contributed by atoms with Crippen LogP contribution in [-0.2, 0) is 9.47 Å². The van der Waals surface area contributed by atoms with E-state index in [-0.39, 0.29) is 12.1 Å². The molecule has 1 amide bonds. The fourth-order valence-electron chi connectivity index (χ4n) is 5.29. The number of carbonyl (C=O) groups excluding carboxylic acids is 1. The molecule has 5 rings (SSSR count). The number of benzene rings is 1. The van der Waals surface area contributed by atoms with Crippen molar-refractivity contribution < 1.29 is 14.3 Å². The molecule has 2 aliphatic heterocycles. The molecule has 3 aromatic rings. The molecule has 0 radical (unpaired) electrons. The van der Waals surface area contributed by atoms with Gasteiger partial charge in [0.2, 0.25) is 0 Å². The van der Waals surface area contributed by atoms with Gasteiger partial charge in [0.15, 0.2) is 0 Å². The van der Waals surface area contributed by atoms with Gasteiger partial charge in [0.05, 0.1) is 17.9 Å². The molecule has 2 aliphatic rings. The minimum Gasteiger partial charge on any atom is -0.444 e. The normalized spacial score (nSPS) is 18.7. The molecular formula is C29H35N5O3. The standard InChI is InChI=1S/C29H35N5O3/c1-29(2,3)37-28(35)34-14-4-5-25(34)23-17-21(6-7-22(23)19-10-15-36-16-11-19)24-18-32-27(30)26(33-24)20-8-12-31-13-9-20/h6-9,12-13,17-19,25H,4-5,10-11,14-16H2,1-3H3,(H2,30,32). The van der Waals surface area contributed by atoms with Gasteiger partial charge in [0.25, 0.3) is 0 Å².